The number of hydrogen-bond donors (Lipinski definition) is 2. The normalized spacial score (nSPS) is 19.8. The fourth-order valence-corrected chi connectivity index (χ4v) is 3.29. The monoisotopic (exact) mass is 358 g/mol. The number of nitrogens with zero attached hydrogens (tertiary/aromatic N) is 2. The number of nitrogens with one attached hydrogen (secondary N) is 2. The first-order valence-corrected chi connectivity index (χ1v) is 9.56. The van der Waals surface area contributed by atoms with Gasteiger partial charge in [-0.15, -0.1) is 0 Å². The summed E-state index contributed by atoms with van der Waals surface area (Å²) in [6, 6.07) is 6.38. The van der Waals surface area contributed by atoms with E-state index in [1.54, 1.807) is 0 Å². The van der Waals surface area contributed by atoms with Crippen molar-refractivity contribution in [2.75, 3.05) is 38.0 Å². The van der Waals surface area contributed by atoms with Crippen LogP contribution in [0.5, 0.6) is 0 Å². The lowest BCUT2D eigenvalue weighted by molar-refractivity contribution is -0.127. The molecule has 1 aromatic rings. The van der Waals surface area contributed by atoms with Gasteiger partial charge in [-0.2, -0.15) is 0 Å². The van der Waals surface area contributed by atoms with E-state index in [2.05, 4.69) is 20.4 Å². The smallest absolute Gasteiger partial charge is 0.238 e. The lowest BCUT2D eigenvalue weighted by Gasteiger charge is -2.37. The average Bonchev–Trinajstić information content (AvgIpc) is 3.42. The van der Waals surface area contributed by atoms with Crippen LogP contribution in [-0.4, -0.2) is 66.4 Å². The number of piperazine rings is 1. The van der Waals surface area contributed by atoms with Crippen molar-refractivity contribution in [2.24, 2.45) is 0 Å². The number of benzene rings is 1. The van der Waals surface area contributed by atoms with Crippen LogP contribution in [0.1, 0.15) is 30.9 Å². The number of carbonyl (C=O) groups is 2. The van der Waals surface area contributed by atoms with Crippen LogP contribution in [0.3, 0.4) is 0 Å². The molecule has 0 spiro atoms. The van der Waals surface area contributed by atoms with E-state index in [-0.39, 0.29) is 17.9 Å². The first kappa shape index (κ1) is 18.9. The van der Waals surface area contributed by atoms with Crippen molar-refractivity contribution < 1.29 is 9.59 Å². The molecule has 1 heterocycles. The maximum atomic E-state index is 12.4. The van der Waals surface area contributed by atoms with E-state index in [0.29, 0.717) is 12.6 Å². The van der Waals surface area contributed by atoms with Crippen LogP contribution in [0.2, 0.25) is 0 Å². The number of hydrogen-bond acceptors (Lipinski definition) is 4. The molecule has 6 nitrogen and oxygen atoms in total. The number of aryl methyl sites for hydroxylation is 2. The molecule has 1 saturated carbocycles. The van der Waals surface area contributed by atoms with Crippen molar-refractivity contribution >= 4 is 17.5 Å². The highest BCUT2D eigenvalue weighted by Gasteiger charge is 2.30. The molecule has 3 rings (SSSR count). The summed E-state index contributed by atoms with van der Waals surface area (Å²) in [5.74, 6) is 0.153. The van der Waals surface area contributed by atoms with Crippen LogP contribution < -0.4 is 10.6 Å². The van der Waals surface area contributed by atoms with Crippen LogP contribution in [0.4, 0.5) is 5.69 Å². The Balaban J connectivity index is 1.43. The molecule has 142 valence electrons. The Bertz CT molecular complexity index is 664. The minimum atomic E-state index is -0.0958. The molecule has 26 heavy (non-hydrogen) atoms. The fraction of sp³-hybridized carbons (Fsp3) is 0.600. The summed E-state index contributed by atoms with van der Waals surface area (Å²) in [6.07, 6.45) is 2.23. The predicted octanol–water partition coefficient (Wildman–Crippen LogP) is 1.53. The van der Waals surface area contributed by atoms with E-state index >= 15 is 0 Å². The number of anilines is 1. The zero-order chi connectivity index (χ0) is 18.7. The largest absolute Gasteiger partial charge is 0.352 e. The number of carbonyl (C=O) groups excluding carboxylic acids is 2. The van der Waals surface area contributed by atoms with Gasteiger partial charge in [-0.3, -0.25) is 19.4 Å². The summed E-state index contributed by atoms with van der Waals surface area (Å²) < 4.78 is 0. The molecule has 0 bridgehead atoms. The summed E-state index contributed by atoms with van der Waals surface area (Å²) in [4.78, 5) is 28.9. The summed E-state index contributed by atoms with van der Waals surface area (Å²) in [5.41, 5.74) is 3.10. The quantitative estimate of drug-likeness (QED) is 0.809. The molecule has 6 heteroatoms. The van der Waals surface area contributed by atoms with E-state index in [1.807, 2.05) is 39.0 Å². The molecular formula is C20H30N4O2. The zero-order valence-corrected chi connectivity index (χ0v) is 16.0. The van der Waals surface area contributed by atoms with Gasteiger partial charge in [-0.25, -0.2) is 0 Å². The Morgan fingerprint density at radius 3 is 2.50 bits per heavy atom. The third-order valence-corrected chi connectivity index (χ3v) is 5.29. The molecule has 1 atom stereocenters. The standard InChI is InChI=1S/C20H30N4O2/c1-14-4-5-15(2)18(12-14)22-19(25)13-23-8-10-24(11-9-23)16(3)20(26)21-17-6-7-17/h4-5,12,16-17H,6-11,13H2,1-3H3,(H,21,26)(H,22,25). The molecule has 1 unspecified atom stereocenters. The molecule has 2 amide bonds. The summed E-state index contributed by atoms with van der Waals surface area (Å²) in [5, 5.41) is 6.09. The third-order valence-electron chi connectivity index (χ3n) is 5.29. The molecule has 1 aromatic carbocycles. The lowest BCUT2D eigenvalue weighted by atomic mass is 10.1. The Morgan fingerprint density at radius 1 is 1.15 bits per heavy atom. The van der Waals surface area contributed by atoms with E-state index in [1.165, 1.54) is 0 Å². The van der Waals surface area contributed by atoms with E-state index in [0.717, 1.165) is 55.8 Å². The minimum absolute atomic E-state index is 0.0201. The van der Waals surface area contributed by atoms with Gasteiger partial charge in [-0.1, -0.05) is 12.1 Å². The third kappa shape index (κ3) is 5.05. The van der Waals surface area contributed by atoms with Crippen molar-refractivity contribution in [3.8, 4) is 0 Å². The van der Waals surface area contributed by atoms with E-state index in [4.69, 9.17) is 0 Å². The second-order valence-corrected chi connectivity index (χ2v) is 7.64. The summed E-state index contributed by atoms with van der Waals surface area (Å²) >= 11 is 0. The van der Waals surface area contributed by atoms with Gasteiger partial charge in [0, 0.05) is 37.9 Å². The molecule has 0 aromatic heterocycles. The Kier molecular flexibility index (Phi) is 5.94. The van der Waals surface area contributed by atoms with Crippen molar-refractivity contribution in [1.82, 2.24) is 15.1 Å². The second-order valence-electron chi connectivity index (χ2n) is 7.64. The van der Waals surface area contributed by atoms with Gasteiger partial charge in [0.15, 0.2) is 0 Å². The second kappa shape index (κ2) is 8.18. The SMILES string of the molecule is Cc1ccc(C)c(NC(=O)CN2CCN(C(C)C(=O)NC3CC3)CC2)c1. The first-order chi connectivity index (χ1) is 12.4. The molecule has 0 radical (unpaired) electrons. The van der Waals surface area contributed by atoms with Crippen molar-refractivity contribution in [2.45, 2.75) is 45.7 Å². The van der Waals surface area contributed by atoms with Gasteiger partial charge in [-0.05, 0) is 50.8 Å². The van der Waals surface area contributed by atoms with Gasteiger partial charge in [0.25, 0.3) is 0 Å². The first-order valence-electron chi connectivity index (χ1n) is 9.56. The molecule has 1 saturated heterocycles. The molecule has 2 fully saturated rings. The van der Waals surface area contributed by atoms with Gasteiger partial charge in [0.2, 0.25) is 11.8 Å². The zero-order valence-electron chi connectivity index (χ0n) is 16.0. The van der Waals surface area contributed by atoms with Crippen molar-refractivity contribution in [1.29, 1.82) is 0 Å². The maximum absolute atomic E-state index is 12.4. The van der Waals surface area contributed by atoms with Crippen molar-refractivity contribution in [3.63, 3.8) is 0 Å². The molecule has 1 aliphatic carbocycles. The van der Waals surface area contributed by atoms with Crippen LogP contribution >= 0.6 is 0 Å². The van der Waals surface area contributed by atoms with Crippen LogP contribution in [0.15, 0.2) is 18.2 Å². The van der Waals surface area contributed by atoms with Gasteiger partial charge >= 0.3 is 0 Å². The van der Waals surface area contributed by atoms with Crippen LogP contribution in [0.25, 0.3) is 0 Å². The van der Waals surface area contributed by atoms with Crippen molar-refractivity contribution in [3.05, 3.63) is 29.3 Å². The van der Waals surface area contributed by atoms with Crippen LogP contribution in [-0.2, 0) is 9.59 Å². The fourth-order valence-electron chi connectivity index (χ4n) is 3.29. The van der Waals surface area contributed by atoms with Crippen LogP contribution in [0, 0.1) is 13.8 Å². The van der Waals surface area contributed by atoms with Gasteiger partial charge < -0.3 is 10.6 Å². The topological polar surface area (TPSA) is 64.7 Å². The summed E-state index contributed by atoms with van der Waals surface area (Å²) in [6.45, 7) is 9.63. The lowest BCUT2D eigenvalue weighted by Crippen LogP contribution is -2.55. The molecule has 2 aliphatic rings. The molecule has 1 aliphatic heterocycles. The Morgan fingerprint density at radius 2 is 1.85 bits per heavy atom. The van der Waals surface area contributed by atoms with Gasteiger partial charge in [0.05, 0.1) is 12.6 Å². The maximum Gasteiger partial charge on any atom is 0.238 e. The Labute approximate surface area is 155 Å². The molecule has 2 N–H and O–H groups in total. The van der Waals surface area contributed by atoms with E-state index < -0.39 is 0 Å². The highest BCUT2D eigenvalue weighted by Crippen LogP contribution is 2.19. The minimum Gasteiger partial charge on any atom is -0.352 e. The average molecular weight is 358 g/mol. The highest BCUT2D eigenvalue weighted by molar-refractivity contribution is 5.93. The van der Waals surface area contributed by atoms with E-state index in [9.17, 15) is 9.59 Å². The Hall–Kier alpha value is -1.92. The predicted molar refractivity (Wildman–Crippen MR) is 103 cm³/mol. The summed E-state index contributed by atoms with van der Waals surface area (Å²) in [7, 11) is 0. The van der Waals surface area contributed by atoms with Gasteiger partial charge in [0.1, 0.15) is 0 Å². The number of amides is 2. The molecular weight excluding hydrogens is 328 g/mol. The highest BCUT2D eigenvalue weighted by atomic mass is 16.2. The number of rotatable bonds is 6.